The molecule has 0 radical (unpaired) electrons. The van der Waals surface area contributed by atoms with E-state index in [4.69, 9.17) is 46.4 Å². The Kier molecular flexibility index (Phi) is 34.1. The number of benzene rings is 4. The fraction of sp³-hybridized carbons (Fsp3) is 0.441. The van der Waals surface area contributed by atoms with E-state index in [0.29, 0.717) is 24.1 Å². The number of aliphatic carboxylic acids is 1. The van der Waals surface area contributed by atoms with E-state index in [2.05, 4.69) is 37.2 Å². The number of ether oxygens (including phenoxy) is 4. The number of anilines is 2. The molecule has 32 nitrogen and oxygen atoms in total. The summed E-state index contributed by atoms with van der Waals surface area (Å²) in [5, 5.41) is 65.6. The smallest absolute Gasteiger partial charge is 0.480 e. The number of urea groups is 2. The lowest BCUT2D eigenvalue weighted by Gasteiger charge is -2.27. The highest BCUT2D eigenvalue weighted by Crippen LogP contribution is 2.21. The number of hydrogen-bond acceptors (Lipinski definition) is 20. The zero-order valence-electron chi connectivity index (χ0n) is 52.3. The number of alkyl carbamates (subject to hydrolysis) is 2. The highest BCUT2D eigenvalue weighted by molar-refractivity contribution is 5.98. The van der Waals surface area contributed by atoms with Gasteiger partial charge in [-0.25, -0.2) is 28.8 Å². The molecule has 4 rings (SSSR count). The number of carbonyl (C=O) groups is 9. The van der Waals surface area contributed by atoms with Crippen LogP contribution in [0.15, 0.2) is 97.1 Å². The molecule has 0 aliphatic carbocycles. The number of carboxylic acids is 1. The maximum absolute atomic E-state index is 13.0. The van der Waals surface area contributed by atoms with Gasteiger partial charge in [-0.2, -0.15) is 0 Å². The summed E-state index contributed by atoms with van der Waals surface area (Å²) in [7, 11) is 0. The quantitative estimate of drug-likeness (QED) is 0.00904. The number of aliphatic hydroxyl groups is 2. The number of nitro benzene ring substituents is 2. The number of amides is 9. The number of nitrogens with one attached hydrogen (secondary N) is 7. The summed E-state index contributed by atoms with van der Waals surface area (Å²) < 4.78 is 20.0. The summed E-state index contributed by atoms with van der Waals surface area (Å²) in [6.07, 6.45) is -1.58. The maximum Gasteiger partial charge on any atom is 0.519 e. The van der Waals surface area contributed by atoms with Crippen LogP contribution < -0.4 is 63.9 Å². The largest absolute Gasteiger partial charge is 0.519 e. The van der Waals surface area contributed by atoms with Gasteiger partial charge in [0.15, 0.2) is 0 Å². The average Bonchev–Trinajstić information content (AvgIpc) is 1.91. The number of nitrogen functional groups attached to an aromatic ring is 1. The summed E-state index contributed by atoms with van der Waals surface area (Å²) in [5.41, 5.74) is 16.5. The van der Waals surface area contributed by atoms with Crippen molar-refractivity contribution in [2.24, 2.45) is 23.3 Å². The van der Waals surface area contributed by atoms with Crippen LogP contribution in [-0.2, 0) is 41.9 Å². The number of aliphatic hydroxyl groups excluding tert-OH is 2. The molecule has 500 valence electrons. The number of nitrogens with zero attached hydrogens (tertiary/aromatic N) is 2. The lowest BCUT2D eigenvalue weighted by Crippen LogP contribution is -2.55. The van der Waals surface area contributed by atoms with E-state index in [1.807, 2.05) is 0 Å². The van der Waals surface area contributed by atoms with Crippen molar-refractivity contribution < 1.29 is 87.3 Å². The Morgan fingerprint density at radius 1 is 0.527 bits per heavy atom. The minimum absolute atomic E-state index is 0.0671. The lowest BCUT2D eigenvalue weighted by molar-refractivity contribution is -0.385. The Labute approximate surface area is 525 Å². The van der Waals surface area contributed by atoms with Gasteiger partial charge in [-0.05, 0) is 139 Å². The van der Waals surface area contributed by atoms with Crippen LogP contribution >= 0.6 is 0 Å². The van der Waals surface area contributed by atoms with Crippen LogP contribution in [0.2, 0.25) is 0 Å². The van der Waals surface area contributed by atoms with Crippen molar-refractivity contribution in [3.05, 3.63) is 128 Å². The predicted octanol–water partition coefficient (Wildman–Crippen LogP) is 6.00. The molecule has 32 heteroatoms. The number of nitro groups is 2. The van der Waals surface area contributed by atoms with Crippen molar-refractivity contribution in [1.82, 2.24) is 31.9 Å². The molecule has 16 N–H and O–H groups in total. The molecular weight excluding hydrogens is 1200 g/mol. The van der Waals surface area contributed by atoms with Crippen LogP contribution in [0.5, 0.6) is 11.5 Å². The van der Waals surface area contributed by atoms with Crippen LogP contribution in [0.1, 0.15) is 106 Å². The molecule has 0 spiro atoms. The SMILES string of the molecule is CC(C)[C@H](NC(=O)OC(C)(C)C)C(=O)N[C@@H](CCCNC(N)=O)C(=O)Nc1ccc(CO)cc1.CC(C)[C@H](NC(=O)OC(C)(C)C)C(=O)N[C@@H](CCCNC(N)=O)C(=O)O.Nc1ccc(CO)cc1.O=C(Oc1ccc([N+](=O)[O-])cc1)Oc1ccc([N+](=O)[O-])cc1. The first-order valence-electron chi connectivity index (χ1n) is 28.2. The maximum atomic E-state index is 13.0. The number of non-ortho nitro benzene ring substituents is 2. The van der Waals surface area contributed by atoms with Crippen molar-refractivity contribution in [3.8, 4) is 11.5 Å². The Morgan fingerprint density at radius 3 is 1.20 bits per heavy atom. The van der Waals surface area contributed by atoms with E-state index in [1.54, 1.807) is 118 Å². The van der Waals surface area contributed by atoms with E-state index in [-0.39, 0.29) is 73.9 Å². The summed E-state index contributed by atoms with van der Waals surface area (Å²) in [6.45, 7) is 17.5. The molecule has 0 bridgehead atoms. The third-order valence-electron chi connectivity index (χ3n) is 11.5. The predicted molar refractivity (Wildman–Crippen MR) is 332 cm³/mol. The molecule has 0 unspecified atom stereocenters. The molecule has 0 heterocycles. The molecule has 4 aromatic rings. The summed E-state index contributed by atoms with van der Waals surface area (Å²) >= 11 is 0. The molecule has 0 aliphatic heterocycles. The second kappa shape index (κ2) is 39.5. The van der Waals surface area contributed by atoms with Gasteiger partial charge in [-0.15, -0.1) is 0 Å². The minimum atomic E-state index is -1.21. The van der Waals surface area contributed by atoms with Crippen molar-refractivity contribution in [2.45, 2.75) is 144 Å². The first-order valence-corrected chi connectivity index (χ1v) is 28.2. The van der Waals surface area contributed by atoms with Gasteiger partial charge in [0.25, 0.3) is 11.4 Å². The Hall–Kier alpha value is -10.4. The third-order valence-corrected chi connectivity index (χ3v) is 11.5. The topological polar surface area (TPSA) is 500 Å². The molecule has 4 atom stereocenters. The minimum Gasteiger partial charge on any atom is -0.480 e. The van der Waals surface area contributed by atoms with Crippen molar-refractivity contribution in [2.75, 3.05) is 24.1 Å². The Morgan fingerprint density at radius 2 is 0.879 bits per heavy atom. The number of primary amides is 2. The average molecular weight is 1280 g/mol. The van der Waals surface area contributed by atoms with Gasteiger partial charge in [0, 0.05) is 48.7 Å². The fourth-order valence-corrected chi connectivity index (χ4v) is 7.05. The van der Waals surface area contributed by atoms with Crippen molar-refractivity contribution in [1.29, 1.82) is 0 Å². The van der Waals surface area contributed by atoms with Gasteiger partial charge < -0.3 is 88.7 Å². The van der Waals surface area contributed by atoms with Crippen LogP contribution in [0.3, 0.4) is 0 Å². The van der Waals surface area contributed by atoms with E-state index in [1.165, 1.54) is 48.5 Å². The fourth-order valence-electron chi connectivity index (χ4n) is 7.05. The Bertz CT molecular complexity index is 2950. The number of rotatable bonds is 25. The summed E-state index contributed by atoms with van der Waals surface area (Å²) in [5.74, 6) is -3.27. The standard InChI is InChI=1S/C23H37N5O6.C16H30N4O6.C13H8N2O7.C7H9NO/c1-14(2)18(28-22(33)34-23(3,4)5)20(31)27-17(7-6-12-25-21(24)32)19(30)26-16-10-8-15(13-29)9-11-16;1-9(2)11(20-15(25)26-16(3,4)5)12(21)19-10(13(22)23)7-6-8-18-14(17)24;16-13(21-11-5-1-9(2-6-11)14(17)18)22-12-7-3-10(4-8-12)15(19)20;8-7-3-1-6(5-9)2-4-7/h8-11,14,17-18,29H,6-7,12-13H2,1-5H3,(H,26,30)(H,27,31)(H,28,33)(H3,24,25,32);9-11H,6-8H2,1-5H3,(H,19,21)(H,20,25)(H,22,23)(H3,17,18,24);1-8H;1-4,9H,5,8H2/t17-,18-;10-,11-;;/m00../s1. The first kappa shape index (κ1) is 78.6. The monoisotopic (exact) mass is 1280 g/mol. The molecule has 9 amide bonds. The van der Waals surface area contributed by atoms with Gasteiger partial charge in [0.1, 0.15) is 46.9 Å². The zero-order valence-corrected chi connectivity index (χ0v) is 52.3. The van der Waals surface area contributed by atoms with E-state index >= 15 is 0 Å². The second-order valence-electron chi connectivity index (χ2n) is 22.3. The number of nitrogens with two attached hydrogens (primary N) is 3. The van der Waals surface area contributed by atoms with Crippen molar-refractivity contribution >= 4 is 76.8 Å². The van der Waals surface area contributed by atoms with Gasteiger partial charge in [-0.3, -0.25) is 34.6 Å². The molecule has 4 aromatic carbocycles. The van der Waals surface area contributed by atoms with E-state index in [9.17, 15) is 68.5 Å². The van der Waals surface area contributed by atoms with Crippen LogP contribution in [-0.4, -0.2) is 128 Å². The molecule has 0 saturated carbocycles. The Balaban J connectivity index is 0.000000648. The van der Waals surface area contributed by atoms with Gasteiger partial charge in [0.05, 0.1) is 23.1 Å². The number of hydrogen-bond donors (Lipinski definition) is 13. The molecule has 0 aromatic heterocycles. The normalized spacial score (nSPS) is 12.0. The third kappa shape index (κ3) is 34.7. The van der Waals surface area contributed by atoms with Crippen LogP contribution in [0, 0.1) is 32.1 Å². The first-order chi connectivity index (χ1) is 42.4. The van der Waals surface area contributed by atoms with Crippen LogP contribution in [0.25, 0.3) is 0 Å². The number of carbonyl (C=O) groups excluding carboxylic acids is 8. The van der Waals surface area contributed by atoms with Crippen LogP contribution in [0.4, 0.5) is 46.7 Å². The highest BCUT2D eigenvalue weighted by atomic mass is 16.7. The van der Waals surface area contributed by atoms with E-state index in [0.717, 1.165) is 11.3 Å². The molecule has 0 aliphatic rings. The zero-order chi connectivity index (χ0) is 69.2. The van der Waals surface area contributed by atoms with Crippen molar-refractivity contribution in [3.63, 3.8) is 0 Å². The molecular formula is C59H84N12O20. The van der Waals surface area contributed by atoms with Gasteiger partial charge >= 0.3 is 36.4 Å². The molecule has 0 saturated heterocycles. The second-order valence-corrected chi connectivity index (χ2v) is 22.3. The summed E-state index contributed by atoms with van der Waals surface area (Å²) in [4.78, 5) is 127. The number of carboxylic acid groups (broad SMARTS) is 1. The molecule has 91 heavy (non-hydrogen) atoms. The lowest BCUT2D eigenvalue weighted by atomic mass is 10.0. The summed E-state index contributed by atoms with van der Waals surface area (Å²) in [6, 6.07) is 18.1. The van der Waals surface area contributed by atoms with E-state index < -0.39 is 99.3 Å². The molecule has 0 fully saturated rings. The van der Waals surface area contributed by atoms with Gasteiger partial charge in [-0.1, -0.05) is 52.0 Å². The highest BCUT2D eigenvalue weighted by Gasteiger charge is 2.32. The van der Waals surface area contributed by atoms with Gasteiger partial charge in [0.2, 0.25) is 17.7 Å².